The molecule has 0 bridgehead atoms. The summed E-state index contributed by atoms with van der Waals surface area (Å²) in [4.78, 5) is 31.3. The Labute approximate surface area is 167 Å². The number of methoxy groups -OCH3 is 1. The van der Waals surface area contributed by atoms with E-state index in [2.05, 4.69) is 18.0 Å². The van der Waals surface area contributed by atoms with Crippen LogP contribution in [-0.4, -0.2) is 37.6 Å². The van der Waals surface area contributed by atoms with E-state index in [1.165, 1.54) is 24.0 Å². The molecule has 1 aromatic heterocycles. The first-order valence-electron chi connectivity index (χ1n) is 8.98. The average molecular weight is 398 g/mol. The summed E-state index contributed by atoms with van der Waals surface area (Å²) >= 11 is 1.40. The van der Waals surface area contributed by atoms with Crippen LogP contribution in [-0.2, 0) is 22.5 Å². The molecule has 28 heavy (non-hydrogen) atoms. The van der Waals surface area contributed by atoms with Crippen LogP contribution in [0, 0.1) is 0 Å². The fourth-order valence-electron chi connectivity index (χ4n) is 2.82. The van der Waals surface area contributed by atoms with Crippen molar-refractivity contribution in [1.29, 1.82) is 0 Å². The van der Waals surface area contributed by atoms with Crippen molar-refractivity contribution >= 4 is 39.1 Å². The molecule has 0 aliphatic rings. The van der Waals surface area contributed by atoms with Crippen LogP contribution in [0.25, 0.3) is 10.2 Å². The third-order valence-electron chi connectivity index (χ3n) is 4.50. The van der Waals surface area contributed by atoms with Gasteiger partial charge in [-0.15, -0.1) is 0 Å². The minimum atomic E-state index is -0.386. The molecule has 0 fully saturated rings. The van der Waals surface area contributed by atoms with Gasteiger partial charge in [0.25, 0.3) is 5.91 Å². The molecule has 0 saturated heterocycles. The molecule has 0 atom stereocenters. The normalized spacial score (nSPS) is 11.6. The van der Waals surface area contributed by atoms with Gasteiger partial charge < -0.3 is 14.2 Å². The molecule has 3 rings (SSSR count). The molecular weight excluding hydrogens is 374 g/mol. The van der Waals surface area contributed by atoms with Crippen molar-refractivity contribution in [2.75, 3.05) is 26.1 Å². The van der Waals surface area contributed by atoms with Crippen LogP contribution in [0.3, 0.4) is 0 Å². The minimum Gasteiger partial charge on any atom is -0.468 e. The Morgan fingerprint density at radius 2 is 1.86 bits per heavy atom. The van der Waals surface area contributed by atoms with E-state index in [0.29, 0.717) is 10.4 Å². The molecule has 0 unspecified atom stereocenters. The summed E-state index contributed by atoms with van der Waals surface area (Å²) in [5, 5.41) is 0. The summed E-state index contributed by atoms with van der Waals surface area (Å²) in [6.07, 6.45) is 0.911. The molecule has 0 saturated carbocycles. The number of benzene rings is 2. The first-order chi connectivity index (χ1) is 13.4. The highest BCUT2D eigenvalue weighted by Gasteiger charge is 2.13. The highest BCUT2D eigenvalue weighted by molar-refractivity contribution is 7.16. The van der Waals surface area contributed by atoms with Crippen LogP contribution in [0.1, 0.15) is 22.8 Å². The molecule has 3 aromatic rings. The lowest BCUT2D eigenvalue weighted by Crippen LogP contribution is -2.22. The molecule has 0 radical (unpaired) electrons. The Hall–Kier alpha value is -2.93. The highest BCUT2D eigenvalue weighted by Crippen LogP contribution is 2.20. The van der Waals surface area contributed by atoms with Gasteiger partial charge in [-0.3, -0.25) is 9.59 Å². The molecular formula is C21H23N3O3S. The Morgan fingerprint density at radius 1 is 1.14 bits per heavy atom. The van der Waals surface area contributed by atoms with E-state index in [9.17, 15) is 9.59 Å². The number of amides is 1. The Bertz CT molecular complexity index is 1080. The molecule has 0 aliphatic carbocycles. The van der Waals surface area contributed by atoms with E-state index in [-0.39, 0.29) is 18.4 Å². The van der Waals surface area contributed by atoms with Crippen molar-refractivity contribution in [3.63, 3.8) is 0 Å². The number of aryl methyl sites for hydroxylation is 1. The quantitative estimate of drug-likeness (QED) is 0.620. The molecule has 1 amide bonds. The number of ether oxygens (including phenoxy) is 1. The van der Waals surface area contributed by atoms with Gasteiger partial charge in [-0.2, -0.15) is 4.99 Å². The first kappa shape index (κ1) is 19.8. The predicted molar refractivity (Wildman–Crippen MR) is 112 cm³/mol. The molecule has 0 spiro atoms. The number of thiazole rings is 1. The summed E-state index contributed by atoms with van der Waals surface area (Å²) in [7, 11) is 5.23. The van der Waals surface area contributed by atoms with Gasteiger partial charge in [0.2, 0.25) is 0 Å². The monoisotopic (exact) mass is 397 g/mol. The number of hydrogen-bond acceptors (Lipinski definition) is 5. The zero-order chi connectivity index (χ0) is 20.3. The van der Waals surface area contributed by atoms with Crippen molar-refractivity contribution in [1.82, 2.24) is 4.57 Å². The second-order valence-electron chi connectivity index (χ2n) is 6.56. The lowest BCUT2D eigenvalue weighted by Gasteiger charge is -2.11. The number of esters is 1. The van der Waals surface area contributed by atoms with Gasteiger partial charge in [0.05, 0.1) is 17.3 Å². The van der Waals surface area contributed by atoms with Crippen molar-refractivity contribution < 1.29 is 14.3 Å². The number of carbonyl (C=O) groups is 2. The Morgan fingerprint density at radius 3 is 2.46 bits per heavy atom. The van der Waals surface area contributed by atoms with Crippen molar-refractivity contribution in [3.05, 3.63) is 58.4 Å². The van der Waals surface area contributed by atoms with E-state index in [1.807, 2.05) is 43.3 Å². The van der Waals surface area contributed by atoms with Gasteiger partial charge in [-0.1, -0.05) is 24.3 Å². The molecule has 0 N–H and O–H groups in total. The molecule has 2 aromatic carbocycles. The zero-order valence-corrected chi connectivity index (χ0v) is 17.2. The van der Waals surface area contributed by atoms with Crippen LogP contribution in [0.15, 0.2) is 47.5 Å². The van der Waals surface area contributed by atoms with E-state index in [1.54, 1.807) is 16.7 Å². The molecule has 146 valence electrons. The second kappa shape index (κ2) is 8.39. The van der Waals surface area contributed by atoms with E-state index >= 15 is 0 Å². The highest BCUT2D eigenvalue weighted by atomic mass is 32.1. The maximum atomic E-state index is 12.7. The molecule has 6 nitrogen and oxygen atoms in total. The van der Waals surface area contributed by atoms with E-state index < -0.39 is 0 Å². The summed E-state index contributed by atoms with van der Waals surface area (Å²) in [5.41, 5.74) is 3.56. The topological polar surface area (TPSA) is 63.9 Å². The summed E-state index contributed by atoms with van der Waals surface area (Å²) in [5.74, 6) is -0.727. The van der Waals surface area contributed by atoms with E-state index in [4.69, 9.17) is 4.74 Å². The lowest BCUT2D eigenvalue weighted by atomic mass is 10.2. The Kier molecular flexibility index (Phi) is 5.94. The third kappa shape index (κ3) is 4.14. The Balaban J connectivity index is 2.07. The number of aromatic nitrogens is 1. The fourth-order valence-corrected chi connectivity index (χ4v) is 3.91. The van der Waals surface area contributed by atoms with Gasteiger partial charge in [-0.25, -0.2) is 0 Å². The van der Waals surface area contributed by atoms with Gasteiger partial charge >= 0.3 is 5.97 Å². The van der Waals surface area contributed by atoms with Crippen LogP contribution < -0.4 is 9.70 Å². The predicted octanol–water partition coefficient (Wildman–Crippen LogP) is 3.25. The summed E-state index contributed by atoms with van der Waals surface area (Å²) in [6.45, 7) is 2.09. The lowest BCUT2D eigenvalue weighted by molar-refractivity contribution is -0.141. The summed E-state index contributed by atoms with van der Waals surface area (Å²) in [6, 6.07) is 13.3. The smallest absolute Gasteiger partial charge is 0.325 e. The number of rotatable bonds is 5. The maximum absolute atomic E-state index is 12.7. The summed E-state index contributed by atoms with van der Waals surface area (Å²) < 4.78 is 7.53. The van der Waals surface area contributed by atoms with Gasteiger partial charge in [0, 0.05) is 25.3 Å². The largest absolute Gasteiger partial charge is 0.468 e. The zero-order valence-electron chi connectivity index (χ0n) is 16.4. The fraction of sp³-hybridized carbons (Fsp3) is 0.286. The van der Waals surface area contributed by atoms with Crippen LogP contribution in [0.4, 0.5) is 5.69 Å². The average Bonchev–Trinajstić information content (AvgIpc) is 3.03. The first-order valence-corrected chi connectivity index (χ1v) is 9.80. The van der Waals surface area contributed by atoms with Gasteiger partial charge in [-0.05, 0) is 48.4 Å². The van der Waals surface area contributed by atoms with Crippen LogP contribution in [0.5, 0.6) is 0 Å². The number of carbonyl (C=O) groups excluding carboxylic acids is 2. The van der Waals surface area contributed by atoms with Crippen molar-refractivity contribution in [2.24, 2.45) is 4.99 Å². The third-order valence-corrected chi connectivity index (χ3v) is 5.54. The number of nitrogens with zero attached hydrogens (tertiary/aromatic N) is 3. The van der Waals surface area contributed by atoms with Gasteiger partial charge in [0.1, 0.15) is 6.54 Å². The van der Waals surface area contributed by atoms with E-state index in [0.717, 1.165) is 22.3 Å². The maximum Gasteiger partial charge on any atom is 0.325 e. The molecule has 0 aliphatic heterocycles. The number of fused-ring (bicyclic) bond motifs is 1. The molecule has 1 heterocycles. The van der Waals surface area contributed by atoms with Gasteiger partial charge in [0.15, 0.2) is 4.80 Å². The molecule has 7 heteroatoms. The standard InChI is InChI=1S/C21H23N3O3S/c1-5-14-6-11-17-18(12-14)28-21(24(17)13-19(25)27-4)22-20(26)15-7-9-16(10-8-15)23(2)3/h6-12H,5,13H2,1-4H3. The van der Waals surface area contributed by atoms with Crippen LogP contribution in [0.2, 0.25) is 0 Å². The second-order valence-corrected chi connectivity index (χ2v) is 7.57. The van der Waals surface area contributed by atoms with Crippen molar-refractivity contribution in [3.8, 4) is 0 Å². The minimum absolute atomic E-state index is 0.00759. The van der Waals surface area contributed by atoms with Crippen LogP contribution >= 0.6 is 11.3 Å². The number of hydrogen-bond donors (Lipinski definition) is 0. The SMILES string of the molecule is CCc1ccc2c(c1)sc(=NC(=O)c1ccc(N(C)C)cc1)n2CC(=O)OC. The number of anilines is 1. The van der Waals surface area contributed by atoms with Crippen molar-refractivity contribution in [2.45, 2.75) is 19.9 Å².